The van der Waals surface area contributed by atoms with Crippen LogP contribution >= 0.6 is 0 Å². The van der Waals surface area contributed by atoms with E-state index in [-0.39, 0.29) is 0 Å². The van der Waals surface area contributed by atoms with Crippen LogP contribution in [0.3, 0.4) is 0 Å². The van der Waals surface area contributed by atoms with Crippen molar-refractivity contribution in [2.24, 2.45) is 11.7 Å². The van der Waals surface area contributed by atoms with E-state index in [9.17, 15) is 0 Å². The molecular formula is C8H16N2. The third-order valence-corrected chi connectivity index (χ3v) is 2.25. The van der Waals surface area contributed by atoms with Gasteiger partial charge in [0.2, 0.25) is 0 Å². The average molecular weight is 140 g/mol. The lowest BCUT2D eigenvalue weighted by atomic mass is 9.92. The van der Waals surface area contributed by atoms with Crippen LogP contribution in [0.15, 0.2) is 11.8 Å². The first-order chi connectivity index (χ1) is 4.74. The van der Waals surface area contributed by atoms with E-state index < -0.39 is 0 Å². The molecule has 58 valence electrons. The SMILES string of the molecule is CC1=CNC(CN)CC1C. The molecule has 0 radical (unpaired) electrons. The third kappa shape index (κ3) is 1.51. The van der Waals surface area contributed by atoms with Crippen molar-refractivity contribution in [1.82, 2.24) is 5.32 Å². The van der Waals surface area contributed by atoms with E-state index in [1.54, 1.807) is 0 Å². The third-order valence-electron chi connectivity index (χ3n) is 2.25. The van der Waals surface area contributed by atoms with E-state index >= 15 is 0 Å². The molecule has 1 rings (SSSR count). The molecule has 3 N–H and O–H groups in total. The molecule has 2 atom stereocenters. The molecule has 0 bridgehead atoms. The summed E-state index contributed by atoms with van der Waals surface area (Å²) in [4.78, 5) is 0. The summed E-state index contributed by atoms with van der Waals surface area (Å²) in [5.74, 6) is 0.704. The zero-order valence-corrected chi connectivity index (χ0v) is 6.72. The van der Waals surface area contributed by atoms with Crippen LogP contribution < -0.4 is 11.1 Å². The van der Waals surface area contributed by atoms with Crippen LogP contribution in [0.2, 0.25) is 0 Å². The van der Waals surface area contributed by atoms with Gasteiger partial charge in [-0.25, -0.2) is 0 Å². The lowest BCUT2D eigenvalue weighted by molar-refractivity contribution is 0.444. The highest BCUT2D eigenvalue weighted by Gasteiger charge is 2.15. The predicted molar refractivity (Wildman–Crippen MR) is 43.5 cm³/mol. The van der Waals surface area contributed by atoms with E-state index in [1.165, 1.54) is 12.0 Å². The van der Waals surface area contributed by atoms with Crippen LogP contribution in [-0.4, -0.2) is 12.6 Å². The zero-order valence-electron chi connectivity index (χ0n) is 6.72. The molecule has 0 amide bonds. The van der Waals surface area contributed by atoms with Crippen molar-refractivity contribution in [1.29, 1.82) is 0 Å². The van der Waals surface area contributed by atoms with Crippen molar-refractivity contribution < 1.29 is 0 Å². The second-order valence-corrected chi connectivity index (χ2v) is 3.12. The number of hydrogen-bond acceptors (Lipinski definition) is 2. The van der Waals surface area contributed by atoms with Gasteiger partial charge in [0.05, 0.1) is 0 Å². The Balaban J connectivity index is 2.51. The molecule has 2 nitrogen and oxygen atoms in total. The summed E-state index contributed by atoms with van der Waals surface area (Å²) in [5, 5.41) is 3.26. The first-order valence-electron chi connectivity index (χ1n) is 3.87. The van der Waals surface area contributed by atoms with E-state index in [4.69, 9.17) is 5.73 Å². The molecule has 0 aromatic heterocycles. The highest BCUT2D eigenvalue weighted by atomic mass is 14.9. The lowest BCUT2D eigenvalue weighted by Gasteiger charge is -2.26. The maximum absolute atomic E-state index is 5.52. The maximum Gasteiger partial charge on any atom is 0.0383 e. The number of allylic oxidation sites excluding steroid dienone is 1. The normalized spacial score (nSPS) is 32.9. The van der Waals surface area contributed by atoms with Gasteiger partial charge >= 0.3 is 0 Å². The van der Waals surface area contributed by atoms with Crippen LogP contribution in [0.25, 0.3) is 0 Å². The Hall–Kier alpha value is -0.500. The summed E-state index contributed by atoms with van der Waals surface area (Å²) < 4.78 is 0. The molecule has 0 aromatic rings. The molecule has 0 aliphatic carbocycles. The van der Waals surface area contributed by atoms with Gasteiger partial charge in [-0.15, -0.1) is 0 Å². The fraction of sp³-hybridized carbons (Fsp3) is 0.750. The van der Waals surface area contributed by atoms with E-state index in [0.29, 0.717) is 12.0 Å². The summed E-state index contributed by atoms with van der Waals surface area (Å²) in [5.41, 5.74) is 6.95. The minimum absolute atomic E-state index is 0.499. The van der Waals surface area contributed by atoms with E-state index in [0.717, 1.165) is 6.54 Å². The minimum Gasteiger partial charge on any atom is -0.387 e. The smallest absolute Gasteiger partial charge is 0.0383 e. The molecule has 1 aliphatic heterocycles. The number of rotatable bonds is 1. The van der Waals surface area contributed by atoms with Crippen molar-refractivity contribution in [3.63, 3.8) is 0 Å². The van der Waals surface area contributed by atoms with Gasteiger partial charge in [-0.1, -0.05) is 12.5 Å². The molecule has 1 heterocycles. The first-order valence-corrected chi connectivity index (χ1v) is 3.87. The van der Waals surface area contributed by atoms with Gasteiger partial charge in [0.15, 0.2) is 0 Å². The van der Waals surface area contributed by atoms with Gasteiger partial charge in [-0.2, -0.15) is 0 Å². The van der Waals surface area contributed by atoms with Crippen LogP contribution in [-0.2, 0) is 0 Å². The van der Waals surface area contributed by atoms with Crippen molar-refractivity contribution >= 4 is 0 Å². The molecular weight excluding hydrogens is 124 g/mol. The largest absolute Gasteiger partial charge is 0.387 e. The van der Waals surface area contributed by atoms with Crippen LogP contribution in [0.5, 0.6) is 0 Å². The number of nitrogens with two attached hydrogens (primary N) is 1. The van der Waals surface area contributed by atoms with Gasteiger partial charge < -0.3 is 11.1 Å². The Kier molecular flexibility index (Phi) is 2.33. The Morgan fingerprint density at radius 1 is 1.80 bits per heavy atom. The second kappa shape index (κ2) is 3.06. The molecule has 0 aromatic carbocycles. The Bertz CT molecular complexity index is 140. The monoisotopic (exact) mass is 140 g/mol. The Morgan fingerprint density at radius 3 is 3.00 bits per heavy atom. The molecule has 1 aliphatic rings. The van der Waals surface area contributed by atoms with Gasteiger partial charge in [-0.3, -0.25) is 0 Å². The fourth-order valence-electron chi connectivity index (χ4n) is 1.24. The molecule has 0 spiro atoms. The highest BCUT2D eigenvalue weighted by molar-refractivity contribution is 5.06. The number of nitrogens with one attached hydrogen (secondary N) is 1. The molecule has 0 saturated heterocycles. The maximum atomic E-state index is 5.52. The van der Waals surface area contributed by atoms with Gasteiger partial charge in [0.25, 0.3) is 0 Å². The minimum atomic E-state index is 0.499. The van der Waals surface area contributed by atoms with E-state index in [1.807, 2.05) is 0 Å². The van der Waals surface area contributed by atoms with Gasteiger partial charge in [-0.05, 0) is 25.5 Å². The standard InChI is InChI=1S/C8H16N2/c1-6-3-8(4-9)10-5-7(6)2/h5-6,8,10H,3-4,9H2,1-2H3. The molecule has 2 heteroatoms. The van der Waals surface area contributed by atoms with Crippen molar-refractivity contribution in [2.75, 3.05) is 6.54 Å². The zero-order chi connectivity index (χ0) is 7.56. The van der Waals surface area contributed by atoms with Crippen LogP contribution in [0.1, 0.15) is 20.3 Å². The molecule has 0 fully saturated rings. The topological polar surface area (TPSA) is 38.0 Å². The summed E-state index contributed by atoms with van der Waals surface area (Å²) in [7, 11) is 0. The quantitative estimate of drug-likeness (QED) is 0.566. The summed E-state index contributed by atoms with van der Waals surface area (Å²) in [6.45, 7) is 5.15. The first kappa shape index (κ1) is 7.61. The van der Waals surface area contributed by atoms with Crippen molar-refractivity contribution in [3.8, 4) is 0 Å². The fourth-order valence-corrected chi connectivity index (χ4v) is 1.24. The van der Waals surface area contributed by atoms with Crippen molar-refractivity contribution in [3.05, 3.63) is 11.8 Å². The average Bonchev–Trinajstić information content (AvgIpc) is 1.95. The molecule has 10 heavy (non-hydrogen) atoms. The highest BCUT2D eigenvalue weighted by Crippen LogP contribution is 2.18. The summed E-state index contributed by atoms with van der Waals surface area (Å²) in [6.07, 6.45) is 3.27. The summed E-state index contributed by atoms with van der Waals surface area (Å²) >= 11 is 0. The van der Waals surface area contributed by atoms with Gasteiger partial charge in [0.1, 0.15) is 0 Å². The van der Waals surface area contributed by atoms with Crippen LogP contribution in [0.4, 0.5) is 0 Å². The Morgan fingerprint density at radius 2 is 2.50 bits per heavy atom. The second-order valence-electron chi connectivity index (χ2n) is 3.12. The molecule has 2 unspecified atom stereocenters. The lowest BCUT2D eigenvalue weighted by Crippen LogP contribution is -2.37. The number of hydrogen-bond donors (Lipinski definition) is 2. The predicted octanol–water partition coefficient (Wildman–Crippen LogP) is 0.847. The van der Waals surface area contributed by atoms with E-state index in [2.05, 4.69) is 25.4 Å². The van der Waals surface area contributed by atoms with Gasteiger partial charge in [0, 0.05) is 12.6 Å². The van der Waals surface area contributed by atoms with Crippen molar-refractivity contribution in [2.45, 2.75) is 26.3 Å². The van der Waals surface area contributed by atoms with Crippen LogP contribution in [0, 0.1) is 5.92 Å². The Labute approximate surface area is 62.5 Å². The summed E-state index contributed by atoms with van der Waals surface area (Å²) in [6, 6.07) is 0.499. The molecule has 0 saturated carbocycles.